The summed E-state index contributed by atoms with van der Waals surface area (Å²) in [6.45, 7) is 0.729. The number of piperidine rings is 1. The third kappa shape index (κ3) is 2.83. The Bertz CT molecular complexity index is 999. The lowest BCUT2D eigenvalue weighted by Crippen LogP contribution is -2.57. The minimum atomic E-state index is -1.28. The van der Waals surface area contributed by atoms with E-state index < -0.39 is 10.3 Å². The van der Waals surface area contributed by atoms with Gasteiger partial charge >= 0.3 is 0 Å². The number of carbonyl (C=O) groups is 1. The van der Waals surface area contributed by atoms with Crippen molar-refractivity contribution < 1.29 is 9.72 Å². The molecule has 0 radical (unpaired) electrons. The van der Waals surface area contributed by atoms with Crippen molar-refractivity contribution in [2.45, 2.75) is 31.7 Å². The number of nitro benzene ring substituents is 1. The Morgan fingerprint density at radius 2 is 2.00 bits per heavy atom. The first-order chi connectivity index (χ1) is 13.5. The molecule has 28 heavy (non-hydrogen) atoms. The first kappa shape index (κ1) is 18.5. The van der Waals surface area contributed by atoms with Crippen molar-refractivity contribution in [3.8, 4) is 6.07 Å². The summed E-state index contributed by atoms with van der Waals surface area (Å²) >= 11 is 5.95. The maximum absolute atomic E-state index is 13.5. The van der Waals surface area contributed by atoms with Gasteiger partial charge in [0.15, 0.2) is 5.78 Å². The van der Waals surface area contributed by atoms with Gasteiger partial charge in [-0.15, -0.1) is 0 Å². The van der Waals surface area contributed by atoms with E-state index in [0.29, 0.717) is 16.1 Å². The van der Waals surface area contributed by atoms with Crippen LogP contribution in [0.25, 0.3) is 0 Å². The van der Waals surface area contributed by atoms with Crippen LogP contribution in [-0.2, 0) is 6.42 Å². The summed E-state index contributed by atoms with van der Waals surface area (Å²) in [7, 11) is 0. The summed E-state index contributed by atoms with van der Waals surface area (Å²) in [5.41, 5.74) is 0.697. The third-order valence-electron chi connectivity index (χ3n) is 5.84. The number of hydrogen-bond donors (Lipinski definition) is 0. The average molecular weight is 396 g/mol. The molecule has 7 heteroatoms. The van der Waals surface area contributed by atoms with Gasteiger partial charge in [-0.2, -0.15) is 5.26 Å². The van der Waals surface area contributed by atoms with Crippen LogP contribution < -0.4 is 4.90 Å². The normalized spacial score (nSPS) is 23.3. The Labute approximate surface area is 167 Å². The molecule has 0 amide bonds. The van der Waals surface area contributed by atoms with E-state index in [0.717, 1.165) is 31.5 Å². The van der Waals surface area contributed by atoms with Crippen molar-refractivity contribution >= 4 is 28.8 Å². The van der Waals surface area contributed by atoms with Gasteiger partial charge in [-0.05, 0) is 55.2 Å². The number of hydrogen-bond acceptors (Lipinski definition) is 5. The van der Waals surface area contributed by atoms with Crippen LogP contribution in [0.4, 0.5) is 11.4 Å². The number of anilines is 1. The number of fused-ring (bicyclic) bond motifs is 3. The second kappa shape index (κ2) is 6.92. The highest BCUT2D eigenvalue weighted by atomic mass is 35.5. The number of nitro groups is 1. The number of carbonyl (C=O) groups excluding carboxylic acids is 1. The highest BCUT2D eigenvalue weighted by Crippen LogP contribution is 2.47. The standard InChI is InChI=1S/C21H18ClN3O3/c22-16-6-4-14(5-7-16)20(26)21(13-23)12-15-11-17(25(27)28)8-9-18(15)24-10-2-1-3-19(21)24/h4-9,11,19H,1-3,10,12H2/t19-,21+/m1/s1. The van der Waals surface area contributed by atoms with Crippen molar-refractivity contribution in [3.05, 3.63) is 68.7 Å². The fraction of sp³-hybridized carbons (Fsp3) is 0.333. The molecule has 142 valence electrons. The molecule has 0 saturated carbocycles. The lowest BCUT2D eigenvalue weighted by Gasteiger charge is -2.49. The van der Waals surface area contributed by atoms with E-state index in [1.54, 1.807) is 30.3 Å². The summed E-state index contributed by atoms with van der Waals surface area (Å²) in [5.74, 6) is -0.249. The van der Waals surface area contributed by atoms with Crippen LogP contribution in [0.3, 0.4) is 0 Å². The summed E-state index contributed by atoms with van der Waals surface area (Å²) in [6, 6.07) is 13.4. The Morgan fingerprint density at radius 3 is 2.68 bits per heavy atom. The predicted molar refractivity (Wildman–Crippen MR) is 106 cm³/mol. The summed E-state index contributed by atoms with van der Waals surface area (Å²) in [6.07, 6.45) is 2.82. The molecule has 6 nitrogen and oxygen atoms in total. The lowest BCUT2D eigenvalue weighted by atomic mass is 9.65. The molecule has 0 N–H and O–H groups in total. The zero-order valence-corrected chi connectivity index (χ0v) is 15.9. The number of halogens is 1. The highest BCUT2D eigenvalue weighted by molar-refractivity contribution is 6.30. The fourth-order valence-corrected chi connectivity index (χ4v) is 4.64. The van der Waals surface area contributed by atoms with Crippen molar-refractivity contribution in [2.24, 2.45) is 5.41 Å². The van der Waals surface area contributed by atoms with Gasteiger partial charge in [-0.3, -0.25) is 14.9 Å². The second-order valence-corrected chi connectivity index (χ2v) is 7.81. The van der Waals surface area contributed by atoms with E-state index in [9.17, 15) is 20.2 Å². The van der Waals surface area contributed by atoms with Gasteiger partial charge in [0, 0.05) is 41.4 Å². The smallest absolute Gasteiger partial charge is 0.269 e. The minimum absolute atomic E-state index is 0.0278. The lowest BCUT2D eigenvalue weighted by molar-refractivity contribution is -0.384. The van der Waals surface area contributed by atoms with Crippen LogP contribution in [0.2, 0.25) is 5.02 Å². The molecular weight excluding hydrogens is 378 g/mol. The average Bonchev–Trinajstić information content (AvgIpc) is 2.72. The molecule has 0 bridgehead atoms. The molecule has 0 aliphatic carbocycles. The molecule has 4 rings (SSSR count). The monoisotopic (exact) mass is 395 g/mol. The van der Waals surface area contributed by atoms with Crippen LogP contribution in [0.1, 0.15) is 35.2 Å². The molecular formula is C21H18ClN3O3. The van der Waals surface area contributed by atoms with Crippen molar-refractivity contribution in [3.63, 3.8) is 0 Å². The molecule has 1 fully saturated rings. The number of rotatable bonds is 3. The molecule has 2 atom stereocenters. The Kier molecular flexibility index (Phi) is 4.56. The van der Waals surface area contributed by atoms with E-state index in [4.69, 9.17) is 11.6 Å². The molecule has 0 unspecified atom stereocenters. The SMILES string of the molecule is N#C[C@@]1(C(=O)c2ccc(Cl)cc2)Cc2cc([N+](=O)[O-])ccc2N2CCCC[C@@H]21. The van der Waals surface area contributed by atoms with Gasteiger partial charge in [-0.25, -0.2) is 0 Å². The van der Waals surface area contributed by atoms with Gasteiger partial charge in [0.05, 0.1) is 17.0 Å². The molecule has 2 aromatic rings. The van der Waals surface area contributed by atoms with Crippen molar-refractivity contribution in [1.29, 1.82) is 5.26 Å². The zero-order chi connectivity index (χ0) is 19.9. The van der Waals surface area contributed by atoms with Gasteiger partial charge in [0.25, 0.3) is 5.69 Å². The van der Waals surface area contributed by atoms with E-state index in [-0.39, 0.29) is 23.9 Å². The van der Waals surface area contributed by atoms with Crippen LogP contribution in [0.5, 0.6) is 0 Å². The fourth-order valence-electron chi connectivity index (χ4n) is 4.51. The molecule has 0 aromatic heterocycles. The number of ketones is 1. The van der Waals surface area contributed by atoms with E-state index >= 15 is 0 Å². The van der Waals surface area contributed by atoms with Gasteiger partial charge in [0.2, 0.25) is 0 Å². The number of Topliss-reactive ketones (excluding diaryl/α,β-unsaturated/α-hetero) is 1. The molecule has 2 aromatic carbocycles. The van der Waals surface area contributed by atoms with Gasteiger partial charge in [0.1, 0.15) is 5.41 Å². The number of benzene rings is 2. The van der Waals surface area contributed by atoms with E-state index in [1.165, 1.54) is 12.1 Å². The molecule has 2 aliphatic heterocycles. The largest absolute Gasteiger partial charge is 0.366 e. The number of nitriles is 1. The predicted octanol–water partition coefficient (Wildman–Crippen LogP) is 4.56. The topological polar surface area (TPSA) is 87.2 Å². The number of nitrogens with zero attached hydrogens (tertiary/aromatic N) is 3. The van der Waals surface area contributed by atoms with Crippen LogP contribution in [-0.4, -0.2) is 23.3 Å². The molecule has 2 aliphatic rings. The summed E-state index contributed by atoms with van der Waals surface area (Å²) in [5, 5.41) is 22.0. The van der Waals surface area contributed by atoms with Gasteiger partial charge in [-0.1, -0.05) is 11.6 Å². The van der Waals surface area contributed by atoms with Crippen molar-refractivity contribution in [1.82, 2.24) is 0 Å². The quantitative estimate of drug-likeness (QED) is 0.432. The molecule has 2 heterocycles. The van der Waals surface area contributed by atoms with Gasteiger partial charge < -0.3 is 4.90 Å². The van der Waals surface area contributed by atoms with Crippen LogP contribution >= 0.6 is 11.6 Å². The van der Waals surface area contributed by atoms with Crippen LogP contribution in [0, 0.1) is 26.9 Å². The zero-order valence-electron chi connectivity index (χ0n) is 15.1. The Morgan fingerprint density at radius 1 is 1.25 bits per heavy atom. The Balaban J connectivity index is 1.85. The highest BCUT2D eigenvalue weighted by Gasteiger charge is 2.53. The number of non-ortho nitro benzene ring substituents is 1. The third-order valence-corrected chi connectivity index (χ3v) is 6.09. The minimum Gasteiger partial charge on any atom is -0.366 e. The first-order valence-electron chi connectivity index (χ1n) is 9.22. The molecule has 1 saturated heterocycles. The molecule has 0 spiro atoms. The maximum Gasteiger partial charge on any atom is 0.269 e. The van der Waals surface area contributed by atoms with Crippen LogP contribution in [0.15, 0.2) is 42.5 Å². The second-order valence-electron chi connectivity index (χ2n) is 7.37. The van der Waals surface area contributed by atoms with E-state index in [1.807, 2.05) is 0 Å². The first-order valence-corrected chi connectivity index (χ1v) is 9.59. The van der Waals surface area contributed by atoms with E-state index in [2.05, 4.69) is 11.0 Å². The maximum atomic E-state index is 13.5. The Hall–Kier alpha value is -2.91. The summed E-state index contributed by atoms with van der Waals surface area (Å²) in [4.78, 5) is 26.4. The van der Waals surface area contributed by atoms with Crippen molar-refractivity contribution in [2.75, 3.05) is 11.4 Å². The summed E-state index contributed by atoms with van der Waals surface area (Å²) < 4.78 is 0.